The van der Waals surface area contributed by atoms with Crippen LogP contribution in [0.2, 0.25) is 0 Å². The van der Waals surface area contributed by atoms with Crippen LogP contribution in [0.4, 0.5) is 0 Å². The van der Waals surface area contributed by atoms with Crippen molar-refractivity contribution in [1.29, 1.82) is 0 Å². The number of amides is 2. The van der Waals surface area contributed by atoms with Crippen LogP contribution in [-0.4, -0.2) is 103 Å². The normalized spacial score (nSPS) is 15.0. The van der Waals surface area contributed by atoms with Gasteiger partial charge >= 0.3 is 5.97 Å². The minimum Gasteiger partial charge on any atom is -0.493 e. The highest BCUT2D eigenvalue weighted by Crippen LogP contribution is 2.40. The summed E-state index contributed by atoms with van der Waals surface area (Å²) >= 11 is 0. The summed E-state index contributed by atoms with van der Waals surface area (Å²) in [7, 11) is 8.85. The molecule has 1 aliphatic rings. The fourth-order valence-corrected chi connectivity index (χ4v) is 4.88. The Morgan fingerprint density at radius 3 is 1.53 bits per heavy atom. The van der Waals surface area contributed by atoms with E-state index >= 15 is 0 Å². The van der Waals surface area contributed by atoms with Crippen molar-refractivity contribution >= 4 is 17.8 Å². The molecule has 0 saturated carbocycles. The molecule has 1 fully saturated rings. The predicted molar refractivity (Wildman–Crippen MR) is 158 cm³/mol. The van der Waals surface area contributed by atoms with E-state index < -0.39 is 6.04 Å². The number of rotatable bonds is 11. The fourth-order valence-electron chi connectivity index (χ4n) is 4.88. The van der Waals surface area contributed by atoms with Crippen molar-refractivity contribution in [3.05, 3.63) is 35.4 Å². The standard InChI is InChI=1S/C31H42N2O10/c1-31(2,3)16-26(34)43-18-21-17-32(29(35)19-12-22(37-4)27(41-8)23(13-19)38-5)10-11-33(21)30(36)20-14-24(39-6)28(42-9)25(15-20)40-7/h12-15,21H,10-11,16-18H2,1-9H3. The molecular weight excluding hydrogens is 560 g/mol. The van der Waals surface area contributed by atoms with Gasteiger partial charge in [0.1, 0.15) is 6.61 Å². The third kappa shape index (κ3) is 7.74. The van der Waals surface area contributed by atoms with Gasteiger partial charge in [0.25, 0.3) is 11.8 Å². The third-order valence-electron chi connectivity index (χ3n) is 6.97. The van der Waals surface area contributed by atoms with E-state index in [1.165, 1.54) is 42.7 Å². The molecule has 1 heterocycles. The molecule has 0 aliphatic carbocycles. The van der Waals surface area contributed by atoms with Crippen LogP contribution < -0.4 is 28.4 Å². The second-order valence-electron chi connectivity index (χ2n) is 11.2. The van der Waals surface area contributed by atoms with Crippen molar-refractivity contribution in [2.45, 2.75) is 33.2 Å². The molecule has 0 spiro atoms. The van der Waals surface area contributed by atoms with Crippen molar-refractivity contribution in [2.75, 3.05) is 68.9 Å². The minimum atomic E-state index is -0.629. The number of hydrogen-bond donors (Lipinski definition) is 0. The summed E-state index contributed by atoms with van der Waals surface area (Å²) in [5.74, 6) is 1.04. The first kappa shape index (κ1) is 33.2. The van der Waals surface area contributed by atoms with E-state index in [4.69, 9.17) is 33.2 Å². The Kier molecular flexibility index (Phi) is 11.0. The van der Waals surface area contributed by atoms with Crippen LogP contribution in [0.3, 0.4) is 0 Å². The minimum absolute atomic E-state index is 0.0931. The quantitative estimate of drug-likeness (QED) is 0.352. The smallest absolute Gasteiger partial charge is 0.306 e. The van der Waals surface area contributed by atoms with Gasteiger partial charge in [0.15, 0.2) is 23.0 Å². The molecule has 12 heteroatoms. The molecule has 0 bridgehead atoms. The number of methoxy groups -OCH3 is 6. The number of esters is 1. The Morgan fingerprint density at radius 1 is 0.698 bits per heavy atom. The maximum Gasteiger partial charge on any atom is 0.306 e. The molecule has 12 nitrogen and oxygen atoms in total. The molecule has 0 N–H and O–H groups in total. The summed E-state index contributed by atoms with van der Waals surface area (Å²) in [6.45, 7) is 6.26. The van der Waals surface area contributed by atoms with E-state index in [1.807, 2.05) is 20.8 Å². The van der Waals surface area contributed by atoms with Crippen LogP contribution >= 0.6 is 0 Å². The summed E-state index contributed by atoms with van der Waals surface area (Å²) < 4.78 is 38.1. The van der Waals surface area contributed by atoms with Crippen LogP contribution in [0, 0.1) is 5.41 Å². The second-order valence-corrected chi connectivity index (χ2v) is 11.2. The highest BCUT2D eigenvalue weighted by molar-refractivity contribution is 5.97. The molecule has 2 aromatic carbocycles. The van der Waals surface area contributed by atoms with E-state index in [2.05, 4.69) is 0 Å². The lowest BCUT2D eigenvalue weighted by atomic mass is 9.92. The average Bonchev–Trinajstić information content (AvgIpc) is 3.00. The maximum absolute atomic E-state index is 13.9. The van der Waals surface area contributed by atoms with Crippen LogP contribution in [0.1, 0.15) is 47.9 Å². The fraction of sp³-hybridized carbons (Fsp3) is 0.516. The van der Waals surface area contributed by atoms with E-state index in [-0.39, 0.29) is 55.9 Å². The summed E-state index contributed by atoms with van der Waals surface area (Å²) in [5, 5.41) is 0. The topological polar surface area (TPSA) is 122 Å². The number of carbonyl (C=O) groups is 3. The van der Waals surface area contributed by atoms with E-state index in [0.717, 1.165) is 0 Å². The van der Waals surface area contributed by atoms with Crippen molar-refractivity contribution in [1.82, 2.24) is 9.80 Å². The number of nitrogens with zero attached hydrogens (tertiary/aromatic N) is 2. The largest absolute Gasteiger partial charge is 0.493 e. The van der Waals surface area contributed by atoms with Gasteiger partial charge in [-0.15, -0.1) is 0 Å². The number of carbonyl (C=O) groups excluding carboxylic acids is 3. The lowest BCUT2D eigenvalue weighted by Gasteiger charge is -2.41. The first-order valence-corrected chi connectivity index (χ1v) is 13.8. The van der Waals surface area contributed by atoms with Gasteiger partial charge in [0.2, 0.25) is 11.5 Å². The lowest BCUT2D eigenvalue weighted by molar-refractivity contribution is -0.147. The molecule has 1 unspecified atom stereocenters. The number of piperazine rings is 1. The molecule has 1 atom stereocenters. The second kappa shape index (κ2) is 14.2. The van der Waals surface area contributed by atoms with Gasteiger partial charge in [0.05, 0.1) is 55.1 Å². The van der Waals surface area contributed by atoms with Crippen molar-refractivity contribution in [3.8, 4) is 34.5 Å². The van der Waals surface area contributed by atoms with Crippen molar-refractivity contribution < 1.29 is 47.5 Å². The van der Waals surface area contributed by atoms with Crippen molar-refractivity contribution in [3.63, 3.8) is 0 Å². The van der Waals surface area contributed by atoms with Gasteiger partial charge in [0, 0.05) is 30.8 Å². The summed E-state index contributed by atoms with van der Waals surface area (Å²) in [4.78, 5) is 43.4. The van der Waals surface area contributed by atoms with Gasteiger partial charge in [-0.25, -0.2) is 0 Å². The molecule has 0 aromatic heterocycles. The zero-order valence-electron chi connectivity index (χ0n) is 26.4. The molecule has 1 saturated heterocycles. The third-order valence-corrected chi connectivity index (χ3v) is 6.97. The van der Waals surface area contributed by atoms with Gasteiger partial charge in [-0.2, -0.15) is 0 Å². The molecule has 3 rings (SSSR count). The Balaban J connectivity index is 1.94. The number of ether oxygens (including phenoxy) is 7. The van der Waals surface area contributed by atoms with Crippen LogP contribution in [0.25, 0.3) is 0 Å². The number of benzene rings is 2. The van der Waals surface area contributed by atoms with Gasteiger partial charge in [-0.1, -0.05) is 20.8 Å². The first-order valence-electron chi connectivity index (χ1n) is 13.8. The van der Waals surface area contributed by atoms with Crippen LogP contribution in [0.15, 0.2) is 24.3 Å². The van der Waals surface area contributed by atoms with Crippen LogP contribution in [0.5, 0.6) is 34.5 Å². The zero-order valence-corrected chi connectivity index (χ0v) is 26.4. The Bertz CT molecular complexity index is 1270. The van der Waals surface area contributed by atoms with E-state index in [9.17, 15) is 14.4 Å². The van der Waals surface area contributed by atoms with E-state index in [1.54, 1.807) is 34.1 Å². The zero-order chi connectivity index (χ0) is 31.9. The molecule has 0 radical (unpaired) electrons. The number of hydrogen-bond acceptors (Lipinski definition) is 10. The Labute approximate surface area is 252 Å². The van der Waals surface area contributed by atoms with Gasteiger partial charge in [-0.05, 0) is 29.7 Å². The highest BCUT2D eigenvalue weighted by atomic mass is 16.5. The summed E-state index contributed by atoms with van der Waals surface area (Å²) in [5.41, 5.74) is 0.344. The molecule has 236 valence electrons. The van der Waals surface area contributed by atoms with Gasteiger partial charge in [-0.3, -0.25) is 14.4 Å². The highest BCUT2D eigenvalue weighted by Gasteiger charge is 2.36. The lowest BCUT2D eigenvalue weighted by Crippen LogP contribution is -2.58. The Hall–Kier alpha value is -4.35. The van der Waals surface area contributed by atoms with Crippen molar-refractivity contribution in [2.24, 2.45) is 5.41 Å². The molecule has 2 amide bonds. The Morgan fingerprint density at radius 2 is 1.14 bits per heavy atom. The predicted octanol–water partition coefficient (Wildman–Crippen LogP) is 3.68. The summed E-state index contributed by atoms with van der Waals surface area (Å²) in [6, 6.07) is 5.67. The molecule has 43 heavy (non-hydrogen) atoms. The first-order chi connectivity index (χ1) is 20.4. The SMILES string of the molecule is COc1cc(C(=O)N2CCN(C(=O)c3cc(OC)c(OC)c(OC)c3)C(COC(=O)CC(C)(C)C)C2)cc(OC)c1OC. The average molecular weight is 603 g/mol. The maximum atomic E-state index is 13.9. The van der Waals surface area contributed by atoms with Gasteiger partial charge < -0.3 is 43.0 Å². The monoisotopic (exact) mass is 602 g/mol. The van der Waals surface area contributed by atoms with Crippen LogP contribution in [-0.2, 0) is 9.53 Å². The van der Waals surface area contributed by atoms with E-state index in [0.29, 0.717) is 45.6 Å². The summed E-state index contributed by atoms with van der Waals surface area (Å²) in [6.07, 6.45) is 0.203. The molecule has 1 aliphatic heterocycles. The molecular formula is C31H42N2O10. The molecule has 2 aromatic rings.